The number of nitrogens with zero attached hydrogens (tertiary/aromatic N) is 3. The maximum Gasteiger partial charge on any atom is 0.414 e. The first-order valence-corrected chi connectivity index (χ1v) is 12.0. The number of hydrogen-bond acceptors (Lipinski definition) is 5. The molecule has 0 saturated heterocycles. The molecule has 1 amide bonds. The van der Waals surface area contributed by atoms with Crippen LogP contribution in [0, 0.1) is 11.7 Å². The summed E-state index contributed by atoms with van der Waals surface area (Å²) in [6.45, 7) is 1.99. The summed E-state index contributed by atoms with van der Waals surface area (Å²) in [6.07, 6.45) is 3.90. The molecule has 1 aromatic heterocycles. The van der Waals surface area contributed by atoms with Crippen molar-refractivity contribution in [3.63, 3.8) is 0 Å². The number of nitrogens with one attached hydrogen (secondary N) is 1. The second kappa shape index (κ2) is 9.20. The van der Waals surface area contributed by atoms with Gasteiger partial charge in [0.25, 0.3) is 0 Å². The fourth-order valence-electron chi connectivity index (χ4n) is 5.55. The lowest BCUT2D eigenvalue weighted by Crippen LogP contribution is -2.42. The third-order valence-corrected chi connectivity index (χ3v) is 7.27. The van der Waals surface area contributed by atoms with E-state index in [2.05, 4.69) is 9.88 Å². The third-order valence-electron chi connectivity index (χ3n) is 7.27. The molecule has 9 heteroatoms. The minimum absolute atomic E-state index is 0.00551. The topological polar surface area (TPSA) is 96.7 Å². The number of anilines is 3. The number of aliphatic carboxylic acids is 1. The van der Waals surface area contributed by atoms with Crippen molar-refractivity contribution < 1.29 is 23.8 Å². The Labute approximate surface area is 202 Å². The van der Waals surface area contributed by atoms with Crippen molar-refractivity contribution in [3.8, 4) is 0 Å². The summed E-state index contributed by atoms with van der Waals surface area (Å²) in [6, 6.07) is 9.97. The van der Waals surface area contributed by atoms with Gasteiger partial charge in [0.05, 0.1) is 29.7 Å². The number of halogens is 1. The molecule has 1 fully saturated rings. The van der Waals surface area contributed by atoms with Gasteiger partial charge < -0.3 is 19.7 Å². The van der Waals surface area contributed by atoms with Crippen LogP contribution in [-0.4, -0.2) is 39.9 Å². The van der Waals surface area contributed by atoms with Gasteiger partial charge in [-0.25, -0.2) is 14.2 Å². The van der Waals surface area contributed by atoms with E-state index in [4.69, 9.17) is 9.72 Å². The fourth-order valence-corrected chi connectivity index (χ4v) is 5.55. The van der Waals surface area contributed by atoms with E-state index in [1.165, 1.54) is 19.2 Å². The molecular weight excluding hydrogens is 451 g/mol. The number of hydrogen-bond donors (Lipinski definition) is 2. The Balaban J connectivity index is 1.66. The molecule has 5 rings (SSSR count). The molecule has 3 aromatic rings. The van der Waals surface area contributed by atoms with Crippen LogP contribution in [-0.2, 0) is 16.0 Å². The molecule has 2 heterocycles. The van der Waals surface area contributed by atoms with Crippen molar-refractivity contribution in [1.82, 2.24) is 9.55 Å². The first-order valence-electron chi connectivity index (χ1n) is 12.0. The molecule has 2 N–H and O–H groups in total. The molecule has 35 heavy (non-hydrogen) atoms. The molecule has 8 nitrogen and oxygen atoms in total. The van der Waals surface area contributed by atoms with Gasteiger partial charge in [0.15, 0.2) is 0 Å². The SMILES string of the molecule is COC(=O)N1c2ccc3c(nc(Nc4cccc(F)c4)n3[C@@H]3CCC[C@@H](C(=O)O)C3)c2CCC1C. The van der Waals surface area contributed by atoms with Gasteiger partial charge in [0.2, 0.25) is 5.95 Å². The number of benzene rings is 2. The predicted molar refractivity (Wildman–Crippen MR) is 131 cm³/mol. The van der Waals surface area contributed by atoms with E-state index < -0.39 is 18.0 Å². The maximum atomic E-state index is 13.9. The van der Waals surface area contributed by atoms with Crippen LogP contribution in [0.1, 0.15) is 50.6 Å². The predicted octanol–water partition coefficient (Wildman–Crippen LogP) is 5.64. The Kier molecular flexibility index (Phi) is 6.08. The van der Waals surface area contributed by atoms with Gasteiger partial charge in [-0.2, -0.15) is 0 Å². The average molecular weight is 481 g/mol. The Morgan fingerprint density at radius 3 is 2.77 bits per heavy atom. The lowest BCUT2D eigenvalue weighted by atomic mass is 9.85. The standard InChI is InChI=1S/C26H29FN4O4/c1-15-9-10-20-21(30(15)26(34)35-2)11-12-22-23(20)29-25(28-18-7-4-6-17(27)14-18)31(22)19-8-3-5-16(13-19)24(32)33/h4,6-7,11-12,14-16,19H,3,5,8-10,13H2,1-2H3,(H,28,29)(H,32,33)/t15?,16-,19-/m1/s1. The van der Waals surface area contributed by atoms with Crippen molar-refractivity contribution in [1.29, 1.82) is 0 Å². The summed E-state index contributed by atoms with van der Waals surface area (Å²) in [5, 5.41) is 12.9. The second-order valence-electron chi connectivity index (χ2n) is 9.46. The molecule has 1 aliphatic carbocycles. The normalized spacial score (nSPS) is 22.0. The summed E-state index contributed by atoms with van der Waals surface area (Å²) in [7, 11) is 1.37. The van der Waals surface area contributed by atoms with E-state index in [-0.39, 0.29) is 17.9 Å². The summed E-state index contributed by atoms with van der Waals surface area (Å²) in [4.78, 5) is 30.9. The van der Waals surface area contributed by atoms with Gasteiger partial charge in [-0.1, -0.05) is 12.5 Å². The monoisotopic (exact) mass is 480 g/mol. The zero-order valence-corrected chi connectivity index (χ0v) is 19.8. The molecule has 1 unspecified atom stereocenters. The van der Waals surface area contributed by atoms with Crippen LogP contribution in [0.2, 0.25) is 0 Å². The number of fused-ring (bicyclic) bond motifs is 3. The summed E-state index contributed by atoms with van der Waals surface area (Å²) in [5.41, 5.74) is 3.93. The molecule has 3 atom stereocenters. The van der Waals surface area contributed by atoms with Crippen molar-refractivity contribution >= 4 is 40.4 Å². The van der Waals surface area contributed by atoms with Gasteiger partial charge in [0, 0.05) is 23.3 Å². The number of carboxylic acids is 1. The average Bonchev–Trinajstić information content (AvgIpc) is 3.21. The van der Waals surface area contributed by atoms with Crippen molar-refractivity contribution in [3.05, 3.63) is 47.8 Å². The van der Waals surface area contributed by atoms with Gasteiger partial charge in [-0.05, 0) is 69.4 Å². The lowest BCUT2D eigenvalue weighted by Gasteiger charge is -2.34. The maximum absolute atomic E-state index is 13.9. The summed E-state index contributed by atoms with van der Waals surface area (Å²) < 4.78 is 21.0. The molecule has 184 valence electrons. The number of amides is 1. The number of carbonyl (C=O) groups excluding carboxylic acids is 1. The number of aryl methyl sites for hydroxylation is 1. The minimum Gasteiger partial charge on any atom is -0.481 e. The fraction of sp³-hybridized carbons (Fsp3) is 0.423. The zero-order valence-electron chi connectivity index (χ0n) is 19.8. The van der Waals surface area contributed by atoms with Crippen molar-refractivity contribution in [2.24, 2.45) is 5.92 Å². The molecule has 2 aromatic carbocycles. The number of rotatable bonds is 4. The van der Waals surface area contributed by atoms with Crippen molar-refractivity contribution in [2.75, 3.05) is 17.3 Å². The molecule has 0 radical (unpaired) electrons. The van der Waals surface area contributed by atoms with E-state index in [0.717, 1.165) is 48.0 Å². The molecule has 2 aliphatic rings. The van der Waals surface area contributed by atoms with E-state index in [1.54, 1.807) is 17.0 Å². The number of carbonyl (C=O) groups is 2. The van der Waals surface area contributed by atoms with Crippen LogP contribution >= 0.6 is 0 Å². The highest BCUT2D eigenvalue weighted by Gasteiger charge is 2.34. The Morgan fingerprint density at radius 2 is 2.03 bits per heavy atom. The largest absolute Gasteiger partial charge is 0.481 e. The highest BCUT2D eigenvalue weighted by Crippen LogP contribution is 2.42. The van der Waals surface area contributed by atoms with Gasteiger partial charge in [0.1, 0.15) is 5.82 Å². The highest BCUT2D eigenvalue weighted by atomic mass is 19.1. The number of aromatic nitrogens is 2. The van der Waals surface area contributed by atoms with Crippen molar-refractivity contribution in [2.45, 2.75) is 57.5 Å². The Bertz CT molecular complexity index is 1290. The zero-order chi connectivity index (χ0) is 24.7. The van der Waals surface area contributed by atoms with Crippen LogP contribution in [0.3, 0.4) is 0 Å². The van der Waals surface area contributed by atoms with Crippen LogP contribution in [0.15, 0.2) is 36.4 Å². The molecule has 0 spiro atoms. The first-order chi connectivity index (χ1) is 16.9. The summed E-state index contributed by atoms with van der Waals surface area (Å²) in [5.74, 6) is -1.01. The van der Waals surface area contributed by atoms with E-state index in [9.17, 15) is 19.1 Å². The van der Waals surface area contributed by atoms with E-state index >= 15 is 0 Å². The lowest BCUT2D eigenvalue weighted by molar-refractivity contribution is -0.143. The van der Waals surface area contributed by atoms with E-state index in [0.29, 0.717) is 24.5 Å². The van der Waals surface area contributed by atoms with Crippen LogP contribution in [0.25, 0.3) is 11.0 Å². The van der Waals surface area contributed by atoms with Gasteiger partial charge in [-0.3, -0.25) is 9.69 Å². The van der Waals surface area contributed by atoms with Gasteiger partial charge >= 0.3 is 12.1 Å². The first kappa shape index (κ1) is 23.1. The second-order valence-corrected chi connectivity index (χ2v) is 9.46. The Morgan fingerprint density at radius 1 is 1.20 bits per heavy atom. The number of methoxy groups -OCH3 is 1. The number of ether oxygens (including phenoxy) is 1. The number of carboxylic acid groups (broad SMARTS) is 1. The number of imidazole rings is 1. The van der Waals surface area contributed by atoms with Crippen LogP contribution in [0.5, 0.6) is 0 Å². The third kappa shape index (κ3) is 4.19. The smallest absolute Gasteiger partial charge is 0.414 e. The summed E-state index contributed by atoms with van der Waals surface area (Å²) >= 11 is 0. The van der Waals surface area contributed by atoms with Crippen LogP contribution in [0.4, 0.5) is 26.5 Å². The minimum atomic E-state index is -0.779. The molecule has 0 bridgehead atoms. The van der Waals surface area contributed by atoms with E-state index in [1.807, 2.05) is 19.1 Å². The quantitative estimate of drug-likeness (QED) is 0.501. The molecule has 1 aliphatic heterocycles. The molecular formula is C26H29FN4O4. The van der Waals surface area contributed by atoms with Gasteiger partial charge in [-0.15, -0.1) is 0 Å². The Hall–Kier alpha value is -3.62. The highest BCUT2D eigenvalue weighted by molar-refractivity contribution is 5.96. The molecule has 1 saturated carbocycles. The van der Waals surface area contributed by atoms with Crippen LogP contribution < -0.4 is 10.2 Å².